The van der Waals surface area contributed by atoms with Crippen LogP contribution in [0.3, 0.4) is 0 Å². The second kappa shape index (κ2) is 7.24. The van der Waals surface area contributed by atoms with Crippen molar-refractivity contribution >= 4 is 17.5 Å². The second-order valence-electron chi connectivity index (χ2n) is 4.61. The van der Waals surface area contributed by atoms with Crippen molar-refractivity contribution < 1.29 is 13.9 Å². The average Bonchev–Trinajstić information content (AvgIpc) is 2.78. The summed E-state index contributed by atoms with van der Waals surface area (Å²) in [5, 5.41) is 3.32. The number of hydrogen-bond donors (Lipinski definition) is 1. The minimum Gasteiger partial charge on any atom is -0.444 e. The van der Waals surface area contributed by atoms with E-state index < -0.39 is 0 Å². The summed E-state index contributed by atoms with van der Waals surface area (Å²) < 4.78 is 10.7. The fourth-order valence-corrected chi connectivity index (χ4v) is 1.90. The molecule has 1 amide bonds. The zero-order valence-electron chi connectivity index (χ0n) is 12.0. The quantitative estimate of drug-likeness (QED) is 0.891. The van der Waals surface area contributed by atoms with Gasteiger partial charge in [0.2, 0.25) is 11.8 Å². The highest BCUT2D eigenvalue weighted by Crippen LogP contribution is 2.15. The van der Waals surface area contributed by atoms with Crippen LogP contribution in [0.1, 0.15) is 22.9 Å². The van der Waals surface area contributed by atoms with E-state index in [1.54, 1.807) is 6.07 Å². The van der Waals surface area contributed by atoms with Crippen molar-refractivity contribution in [2.75, 3.05) is 6.61 Å². The van der Waals surface area contributed by atoms with Crippen molar-refractivity contribution in [1.82, 2.24) is 10.3 Å². The lowest BCUT2D eigenvalue weighted by Gasteiger charge is -2.06. The molecule has 0 saturated heterocycles. The summed E-state index contributed by atoms with van der Waals surface area (Å²) in [4.78, 5) is 15.8. The molecule has 21 heavy (non-hydrogen) atoms. The van der Waals surface area contributed by atoms with E-state index in [1.165, 1.54) is 0 Å². The molecule has 5 nitrogen and oxygen atoms in total. The molecule has 0 fully saturated rings. The van der Waals surface area contributed by atoms with Crippen LogP contribution in [0.2, 0.25) is 5.02 Å². The molecule has 0 unspecified atom stereocenters. The molecule has 2 aromatic rings. The zero-order chi connectivity index (χ0) is 15.2. The molecule has 0 bridgehead atoms. The van der Waals surface area contributed by atoms with Crippen molar-refractivity contribution in [3.63, 3.8) is 0 Å². The van der Waals surface area contributed by atoms with Crippen LogP contribution in [0.4, 0.5) is 0 Å². The van der Waals surface area contributed by atoms with Crippen LogP contribution < -0.4 is 5.32 Å². The number of nitrogens with zero attached hydrogens (tertiary/aromatic N) is 1. The van der Waals surface area contributed by atoms with E-state index in [4.69, 9.17) is 20.8 Å². The van der Waals surface area contributed by atoms with Crippen LogP contribution in [-0.2, 0) is 22.7 Å². The van der Waals surface area contributed by atoms with E-state index in [9.17, 15) is 4.79 Å². The average molecular weight is 309 g/mol. The van der Waals surface area contributed by atoms with Crippen molar-refractivity contribution in [3.05, 3.63) is 52.2 Å². The maximum atomic E-state index is 11.6. The van der Waals surface area contributed by atoms with Crippen LogP contribution in [-0.4, -0.2) is 17.5 Å². The van der Waals surface area contributed by atoms with E-state index >= 15 is 0 Å². The maximum absolute atomic E-state index is 11.6. The molecular weight excluding hydrogens is 292 g/mol. The van der Waals surface area contributed by atoms with E-state index in [0.29, 0.717) is 17.5 Å². The number of nitrogens with one attached hydrogen (secondary N) is 1. The Morgan fingerprint density at radius 1 is 1.38 bits per heavy atom. The van der Waals surface area contributed by atoms with Crippen molar-refractivity contribution in [2.24, 2.45) is 0 Å². The van der Waals surface area contributed by atoms with Gasteiger partial charge < -0.3 is 14.5 Å². The molecule has 0 aliphatic heterocycles. The Morgan fingerprint density at radius 2 is 2.14 bits per heavy atom. The molecule has 1 aromatic heterocycles. The first kappa shape index (κ1) is 15.5. The summed E-state index contributed by atoms with van der Waals surface area (Å²) in [5.41, 5.74) is 1.68. The molecule has 1 N–H and O–H groups in total. The third kappa shape index (κ3) is 4.58. The van der Waals surface area contributed by atoms with Gasteiger partial charge in [-0.15, -0.1) is 0 Å². The Hall–Kier alpha value is -1.85. The third-order valence-corrected chi connectivity index (χ3v) is 3.33. The van der Waals surface area contributed by atoms with Gasteiger partial charge in [0, 0.05) is 5.02 Å². The van der Waals surface area contributed by atoms with Gasteiger partial charge in [-0.25, -0.2) is 4.98 Å². The van der Waals surface area contributed by atoms with Crippen LogP contribution in [0.15, 0.2) is 28.7 Å². The highest BCUT2D eigenvalue weighted by atomic mass is 35.5. The van der Waals surface area contributed by atoms with Gasteiger partial charge >= 0.3 is 0 Å². The minimum atomic E-state index is -0.226. The topological polar surface area (TPSA) is 64.4 Å². The number of rotatable bonds is 6. The maximum Gasteiger partial charge on any atom is 0.246 e. The SMILES string of the molecule is Cc1nc(CNC(=O)COCc2ccccc2Cl)oc1C. The van der Waals surface area contributed by atoms with Crippen molar-refractivity contribution in [2.45, 2.75) is 27.0 Å². The lowest BCUT2D eigenvalue weighted by molar-refractivity contribution is -0.126. The standard InChI is InChI=1S/C15H17ClN2O3/c1-10-11(2)21-15(18-10)7-17-14(19)9-20-8-12-5-3-4-6-13(12)16/h3-6H,7-9H2,1-2H3,(H,17,19). The van der Waals surface area contributed by atoms with Crippen LogP contribution in [0.5, 0.6) is 0 Å². The first-order valence-electron chi connectivity index (χ1n) is 6.57. The van der Waals surface area contributed by atoms with Gasteiger partial charge in [-0.3, -0.25) is 4.79 Å². The zero-order valence-corrected chi connectivity index (χ0v) is 12.7. The predicted molar refractivity (Wildman–Crippen MR) is 78.9 cm³/mol. The molecule has 0 atom stereocenters. The van der Waals surface area contributed by atoms with Crippen LogP contribution >= 0.6 is 11.6 Å². The van der Waals surface area contributed by atoms with E-state index in [1.807, 2.05) is 32.0 Å². The smallest absolute Gasteiger partial charge is 0.246 e. The summed E-state index contributed by atoms with van der Waals surface area (Å²) in [7, 11) is 0. The van der Waals surface area contributed by atoms with E-state index in [2.05, 4.69) is 10.3 Å². The lowest BCUT2D eigenvalue weighted by atomic mass is 10.2. The molecular formula is C15H17ClN2O3. The number of hydrogen-bond acceptors (Lipinski definition) is 4. The number of ether oxygens (including phenoxy) is 1. The van der Waals surface area contributed by atoms with Gasteiger partial charge in [-0.2, -0.15) is 0 Å². The van der Waals surface area contributed by atoms with Gasteiger partial charge in [0.1, 0.15) is 12.4 Å². The number of benzene rings is 1. The van der Waals surface area contributed by atoms with E-state index in [0.717, 1.165) is 17.0 Å². The van der Waals surface area contributed by atoms with Crippen molar-refractivity contribution in [1.29, 1.82) is 0 Å². The molecule has 1 aromatic carbocycles. The van der Waals surface area contributed by atoms with E-state index in [-0.39, 0.29) is 19.1 Å². The number of oxazole rings is 1. The molecule has 0 aliphatic carbocycles. The number of halogens is 1. The number of amides is 1. The molecule has 1 heterocycles. The second-order valence-corrected chi connectivity index (χ2v) is 5.02. The predicted octanol–water partition coefficient (Wildman–Crippen LogP) is 2.78. The first-order chi connectivity index (χ1) is 10.1. The Morgan fingerprint density at radius 3 is 2.81 bits per heavy atom. The van der Waals surface area contributed by atoms with Gasteiger partial charge in [0.15, 0.2) is 0 Å². The number of aryl methyl sites for hydroxylation is 2. The minimum absolute atomic E-state index is 0.0378. The lowest BCUT2D eigenvalue weighted by Crippen LogP contribution is -2.27. The summed E-state index contributed by atoms with van der Waals surface area (Å²) in [6.45, 7) is 4.20. The molecule has 2 rings (SSSR count). The molecule has 6 heteroatoms. The third-order valence-electron chi connectivity index (χ3n) is 2.96. The van der Waals surface area contributed by atoms with Gasteiger partial charge in [-0.1, -0.05) is 29.8 Å². The number of carbonyl (C=O) groups is 1. The molecule has 0 aliphatic rings. The van der Waals surface area contributed by atoms with Crippen LogP contribution in [0.25, 0.3) is 0 Å². The van der Waals surface area contributed by atoms with Gasteiger partial charge in [0.05, 0.1) is 18.8 Å². The Bertz CT molecular complexity index is 606. The molecule has 0 radical (unpaired) electrons. The summed E-state index contributed by atoms with van der Waals surface area (Å²) in [6, 6.07) is 7.36. The molecule has 112 valence electrons. The number of carbonyl (C=O) groups excluding carboxylic acids is 1. The van der Waals surface area contributed by atoms with Crippen LogP contribution in [0, 0.1) is 13.8 Å². The monoisotopic (exact) mass is 308 g/mol. The fraction of sp³-hybridized carbons (Fsp3) is 0.333. The molecule has 0 saturated carbocycles. The molecule has 0 spiro atoms. The largest absolute Gasteiger partial charge is 0.444 e. The summed E-state index contributed by atoms with van der Waals surface area (Å²) in [5.74, 6) is 1.02. The Labute approximate surface area is 128 Å². The highest BCUT2D eigenvalue weighted by molar-refractivity contribution is 6.31. The fourth-order valence-electron chi connectivity index (χ4n) is 1.71. The van der Waals surface area contributed by atoms with Gasteiger partial charge in [0.25, 0.3) is 0 Å². The van der Waals surface area contributed by atoms with Gasteiger partial charge in [-0.05, 0) is 25.5 Å². The highest BCUT2D eigenvalue weighted by Gasteiger charge is 2.08. The number of aromatic nitrogens is 1. The summed E-state index contributed by atoms with van der Waals surface area (Å²) >= 11 is 6.00. The Kier molecular flexibility index (Phi) is 5.36. The normalized spacial score (nSPS) is 10.6. The van der Waals surface area contributed by atoms with Crippen molar-refractivity contribution in [3.8, 4) is 0 Å². The first-order valence-corrected chi connectivity index (χ1v) is 6.95. The Balaban J connectivity index is 1.71. The summed E-state index contributed by atoms with van der Waals surface area (Å²) in [6.07, 6.45) is 0.